The lowest BCUT2D eigenvalue weighted by atomic mass is 10.3. The lowest BCUT2D eigenvalue weighted by Gasteiger charge is -2.32. The molecule has 1 aromatic carbocycles. The van der Waals surface area contributed by atoms with Gasteiger partial charge in [-0.15, -0.1) is 0 Å². The first-order valence-corrected chi connectivity index (χ1v) is 6.84. The fourth-order valence-corrected chi connectivity index (χ4v) is 3.56. The van der Waals surface area contributed by atoms with Crippen LogP contribution < -0.4 is 5.32 Å². The molecule has 1 aromatic rings. The summed E-state index contributed by atoms with van der Waals surface area (Å²) in [5.41, 5.74) is 0. The van der Waals surface area contributed by atoms with Crippen LogP contribution in [0.5, 0.6) is 0 Å². The molecule has 16 heavy (non-hydrogen) atoms. The molecule has 1 unspecified atom stereocenters. The van der Waals surface area contributed by atoms with Gasteiger partial charge in [-0.2, -0.15) is 4.31 Å². The predicted octanol–water partition coefficient (Wildman–Crippen LogP) is 0.669. The largest absolute Gasteiger partial charge is 0.314 e. The fraction of sp³-hybridized carbons (Fsp3) is 0.455. The summed E-state index contributed by atoms with van der Waals surface area (Å²) in [5, 5.41) is 3.18. The molecule has 1 fully saturated rings. The van der Waals surface area contributed by atoms with Crippen molar-refractivity contribution >= 4 is 10.0 Å². The molecule has 0 amide bonds. The van der Waals surface area contributed by atoms with Gasteiger partial charge in [0.2, 0.25) is 10.0 Å². The molecule has 1 heterocycles. The summed E-state index contributed by atoms with van der Waals surface area (Å²) in [4.78, 5) is 0.378. The van der Waals surface area contributed by atoms with Crippen LogP contribution in [0.2, 0.25) is 0 Å². The zero-order valence-corrected chi connectivity index (χ0v) is 10.1. The number of sulfonamides is 1. The third kappa shape index (κ3) is 2.11. The van der Waals surface area contributed by atoms with Gasteiger partial charge in [0.25, 0.3) is 0 Å². The first-order valence-electron chi connectivity index (χ1n) is 5.40. The van der Waals surface area contributed by atoms with Gasteiger partial charge in [0.1, 0.15) is 0 Å². The molecule has 1 atom stereocenters. The van der Waals surface area contributed by atoms with Crippen LogP contribution in [0.25, 0.3) is 0 Å². The van der Waals surface area contributed by atoms with Crippen LogP contribution in [0.15, 0.2) is 35.2 Å². The number of rotatable bonds is 2. The first-order chi connectivity index (χ1) is 7.62. The van der Waals surface area contributed by atoms with Crippen LogP contribution in [-0.4, -0.2) is 38.4 Å². The van der Waals surface area contributed by atoms with E-state index >= 15 is 0 Å². The molecule has 0 aliphatic carbocycles. The quantitative estimate of drug-likeness (QED) is 0.826. The maximum absolute atomic E-state index is 12.3. The highest BCUT2D eigenvalue weighted by Gasteiger charge is 2.30. The number of hydrogen-bond donors (Lipinski definition) is 1. The summed E-state index contributed by atoms with van der Waals surface area (Å²) >= 11 is 0. The average molecular weight is 240 g/mol. The van der Waals surface area contributed by atoms with Crippen LogP contribution in [0.3, 0.4) is 0 Å². The van der Waals surface area contributed by atoms with Crippen LogP contribution in [0.4, 0.5) is 0 Å². The Labute approximate surface area is 96.3 Å². The third-order valence-corrected chi connectivity index (χ3v) is 4.82. The topological polar surface area (TPSA) is 49.4 Å². The Morgan fingerprint density at radius 1 is 1.31 bits per heavy atom. The Balaban J connectivity index is 2.32. The molecule has 5 heteroatoms. The number of benzene rings is 1. The first kappa shape index (κ1) is 11.6. The number of nitrogens with zero attached hydrogens (tertiary/aromatic N) is 1. The highest BCUT2D eigenvalue weighted by Crippen LogP contribution is 2.18. The highest BCUT2D eigenvalue weighted by atomic mass is 32.2. The van der Waals surface area contributed by atoms with Crippen LogP contribution in [0, 0.1) is 0 Å². The maximum atomic E-state index is 12.3. The van der Waals surface area contributed by atoms with Gasteiger partial charge in [-0.25, -0.2) is 8.42 Å². The van der Waals surface area contributed by atoms with E-state index in [9.17, 15) is 8.42 Å². The standard InChI is InChI=1S/C11H16N2O2S/c1-10-9-12-7-8-13(10)16(14,15)11-5-3-2-4-6-11/h2-6,10,12H,7-9H2,1H3. The molecule has 1 N–H and O–H groups in total. The Bertz CT molecular complexity index is 444. The smallest absolute Gasteiger partial charge is 0.243 e. The van der Waals surface area contributed by atoms with Gasteiger partial charge in [0, 0.05) is 25.7 Å². The van der Waals surface area contributed by atoms with Crippen LogP contribution in [0.1, 0.15) is 6.92 Å². The molecule has 0 spiro atoms. The second kappa shape index (κ2) is 4.53. The van der Waals surface area contributed by atoms with E-state index in [0.29, 0.717) is 18.0 Å². The van der Waals surface area contributed by atoms with Crippen molar-refractivity contribution in [3.8, 4) is 0 Å². The second-order valence-corrected chi connectivity index (χ2v) is 5.87. The van der Waals surface area contributed by atoms with E-state index in [-0.39, 0.29) is 6.04 Å². The van der Waals surface area contributed by atoms with Crippen molar-refractivity contribution in [1.82, 2.24) is 9.62 Å². The van der Waals surface area contributed by atoms with Crippen LogP contribution >= 0.6 is 0 Å². The molecular formula is C11H16N2O2S. The summed E-state index contributed by atoms with van der Waals surface area (Å²) in [6, 6.07) is 8.62. The average Bonchev–Trinajstić information content (AvgIpc) is 2.30. The van der Waals surface area contributed by atoms with E-state index in [1.165, 1.54) is 0 Å². The molecule has 1 aliphatic rings. The summed E-state index contributed by atoms with van der Waals surface area (Å²) in [5.74, 6) is 0. The predicted molar refractivity (Wildman–Crippen MR) is 62.7 cm³/mol. The minimum absolute atomic E-state index is 0.0129. The van der Waals surface area contributed by atoms with Gasteiger partial charge >= 0.3 is 0 Å². The lowest BCUT2D eigenvalue weighted by Crippen LogP contribution is -2.52. The Hall–Kier alpha value is -0.910. The molecule has 1 saturated heterocycles. The van der Waals surface area contributed by atoms with Crippen molar-refractivity contribution < 1.29 is 8.42 Å². The van der Waals surface area contributed by atoms with Crippen LogP contribution in [-0.2, 0) is 10.0 Å². The second-order valence-electron chi connectivity index (χ2n) is 3.98. The number of nitrogens with one attached hydrogen (secondary N) is 1. The summed E-state index contributed by atoms with van der Waals surface area (Å²) in [6.45, 7) is 3.90. The van der Waals surface area contributed by atoms with E-state index < -0.39 is 10.0 Å². The van der Waals surface area contributed by atoms with Crippen molar-refractivity contribution in [1.29, 1.82) is 0 Å². The van der Waals surface area contributed by atoms with Crippen molar-refractivity contribution in [2.45, 2.75) is 17.9 Å². The zero-order chi connectivity index (χ0) is 11.6. The summed E-state index contributed by atoms with van der Waals surface area (Å²) in [7, 11) is -3.32. The molecule has 0 saturated carbocycles. The number of piperazine rings is 1. The van der Waals surface area contributed by atoms with Crippen molar-refractivity contribution in [2.24, 2.45) is 0 Å². The van der Waals surface area contributed by atoms with Gasteiger partial charge < -0.3 is 5.32 Å². The van der Waals surface area contributed by atoms with Crippen molar-refractivity contribution in [3.05, 3.63) is 30.3 Å². The lowest BCUT2D eigenvalue weighted by molar-refractivity contribution is 0.284. The van der Waals surface area contributed by atoms with Gasteiger partial charge in [-0.1, -0.05) is 18.2 Å². The van der Waals surface area contributed by atoms with Crippen molar-refractivity contribution in [2.75, 3.05) is 19.6 Å². The van der Waals surface area contributed by atoms with E-state index in [4.69, 9.17) is 0 Å². The van der Waals surface area contributed by atoms with Gasteiger partial charge in [0.05, 0.1) is 4.90 Å². The van der Waals surface area contributed by atoms with Gasteiger partial charge in [-0.05, 0) is 19.1 Å². The SMILES string of the molecule is CC1CNCCN1S(=O)(=O)c1ccccc1. The van der Waals surface area contributed by atoms with Gasteiger partial charge in [0.15, 0.2) is 0 Å². The minimum Gasteiger partial charge on any atom is -0.314 e. The molecular weight excluding hydrogens is 224 g/mol. The molecule has 0 aromatic heterocycles. The highest BCUT2D eigenvalue weighted by molar-refractivity contribution is 7.89. The minimum atomic E-state index is -3.32. The third-order valence-electron chi connectivity index (χ3n) is 2.79. The number of hydrogen-bond acceptors (Lipinski definition) is 3. The monoisotopic (exact) mass is 240 g/mol. The molecule has 0 bridgehead atoms. The normalized spacial score (nSPS) is 23.2. The summed E-state index contributed by atoms with van der Waals surface area (Å²) < 4.78 is 26.2. The fourth-order valence-electron chi connectivity index (χ4n) is 1.91. The Morgan fingerprint density at radius 3 is 2.62 bits per heavy atom. The molecule has 88 valence electrons. The molecule has 0 radical (unpaired) electrons. The summed E-state index contributed by atoms with van der Waals surface area (Å²) in [6.07, 6.45) is 0. The Kier molecular flexibility index (Phi) is 3.28. The Morgan fingerprint density at radius 2 is 2.00 bits per heavy atom. The zero-order valence-electron chi connectivity index (χ0n) is 9.26. The maximum Gasteiger partial charge on any atom is 0.243 e. The van der Waals surface area contributed by atoms with E-state index in [1.807, 2.05) is 13.0 Å². The molecule has 4 nitrogen and oxygen atoms in total. The van der Waals surface area contributed by atoms with E-state index in [1.54, 1.807) is 28.6 Å². The van der Waals surface area contributed by atoms with Crippen molar-refractivity contribution in [3.63, 3.8) is 0 Å². The molecule has 1 aliphatic heterocycles. The molecule has 2 rings (SSSR count). The van der Waals surface area contributed by atoms with E-state index in [2.05, 4.69) is 5.32 Å². The van der Waals surface area contributed by atoms with E-state index in [0.717, 1.165) is 6.54 Å². The van der Waals surface area contributed by atoms with Gasteiger partial charge in [-0.3, -0.25) is 0 Å².